The molecule has 24 N–H and O–H groups in total. The van der Waals surface area contributed by atoms with Crippen LogP contribution in [-0.2, 0) is 0 Å². The molecule has 0 heterocycles. The highest BCUT2D eigenvalue weighted by Crippen LogP contribution is 2.13. The van der Waals surface area contributed by atoms with E-state index in [1.54, 1.807) is 0 Å². The fourth-order valence-electron chi connectivity index (χ4n) is 18.5. The monoisotopic (exact) mass is 2060 g/mol. The van der Waals surface area contributed by atoms with Gasteiger partial charge in [-0.25, -0.2) is 0 Å². The first-order valence-corrected chi connectivity index (χ1v) is 54.6. The number of aliphatic hydroxyl groups excluding tert-OH is 23. The van der Waals surface area contributed by atoms with Gasteiger partial charge >= 0.3 is 0 Å². The van der Waals surface area contributed by atoms with Gasteiger partial charge in [0.15, 0.2) is 0 Å². The van der Waals surface area contributed by atoms with E-state index in [0.29, 0.717) is 157 Å². The van der Waals surface area contributed by atoms with Crippen molar-refractivity contribution >= 4 is 0 Å². The van der Waals surface area contributed by atoms with Crippen LogP contribution in [0.2, 0.25) is 0 Å². The smallest absolute Gasteiger partial charge is 0.0581 e. The Morgan fingerprint density at radius 3 is 0.211 bits per heavy atom. The van der Waals surface area contributed by atoms with Crippen LogP contribution in [0.3, 0.4) is 0 Å². The van der Waals surface area contributed by atoms with E-state index in [0.717, 1.165) is 325 Å². The highest BCUT2D eigenvalue weighted by Gasteiger charge is 2.22. The molecule has 0 saturated carbocycles. The van der Waals surface area contributed by atoms with Crippen molar-refractivity contribution in [2.45, 2.75) is 103 Å². The molecule has 44 heteroatoms. The Hall–Kier alpha value is -1.76. The largest absolute Gasteiger partial charge is 0.395 e. The second-order valence-corrected chi connectivity index (χ2v) is 37.2. The molecular formula is C98H220N20O24. The summed E-state index contributed by atoms with van der Waals surface area (Å²) in [7, 11) is 0. The van der Waals surface area contributed by atoms with E-state index in [9.17, 15) is 123 Å². The summed E-state index contributed by atoms with van der Waals surface area (Å²) in [5.74, 6) is 0. The Bertz CT molecular complexity index is 2200. The standard InChI is InChI=1S/C68H152N14O16.C30H68N6O8/c83-54-39-75(40-55-84)28-5-17-69(18-6-29-76(41-56-85)42-57-86)13-1-24-73(25-2-14-70(19-7-30-77(43-58-87)44-59-88)20-8-31-78(45-60-89)46-61-90)37-38-74(27-4-16-72(35-12-36-82(98)53-68-97)23-11-34-81(51-66-95)52-67-96)26-3-15-71(21-9-32-79(47-62-91)48-63-92)22-10-33-80(49-64-93)50-65-94;37-23-15-33(16-24-38)9-1-5-31(6-2-10-34(17-25-39)18-26-40)13-14-32(7-3-11-35(19-27-41)20-28-42)8-4-12-36(21-29-43)22-30-44/h83-98H,1-68H2;37-44H,1-30H2. The predicted molar refractivity (Wildman–Crippen MR) is 563 cm³/mol. The molecule has 0 bridgehead atoms. The number of hydrogen-bond acceptors (Lipinski definition) is 44. The van der Waals surface area contributed by atoms with Crippen LogP contribution in [0.15, 0.2) is 0 Å². The fourth-order valence-corrected chi connectivity index (χ4v) is 18.5. The van der Waals surface area contributed by atoms with Crippen LogP contribution in [0.4, 0.5) is 0 Å². The molecule has 0 aromatic heterocycles. The van der Waals surface area contributed by atoms with E-state index < -0.39 is 0 Å². The van der Waals surface area contributed by atoms with Gasteiger partial charge in [-0.15, -0.1) is 0 Å². The van der Waals surface area contributed by atoms with Crippen LogP contribution in [0, 0.1) is 0 Å². The van der Waals surface area contributed by atoms with Gasteiger partial charge in [0.1, 0.15) is 0 Å². The lowest BCUT2D eigenvalue weighted by atomic mass is 10.2. The van der Waals surface area contributed by atoms with E-state index in [2.05, 4.69) is 93.1 Å². The molecule has 0 amide bonds. The first kappa shape index (κ1) is 142. The summed E-state index contributed by atoms with van der Waals surface area (Å²) in [5.41, 5.74) is 0. The molecule has 0 aliphatic heterocycles. The highest BCUT2D eigenvalue weighted by atomic mass is 16.5. The van der Waals surface area contributed by atoms with Gasteiger partial charge < -0.3 is 162 Å². The van der Waals surface area contributed by atoms with Gasteiger partial charge in [-0.2, -0.15) is 5.06 Å². The molecule has 856 valence electrons. The third-order valence-corrected chi connectivity index (χ3v) is 26.1. The van der Waals surface area contributed by atoms with Crippen molar-refractivity contribution in [2.75, 3.05) is 538 Å². The zero-order chi connectivity index (χ0) is 105. The Morgan fingerprint density at radius 1 is 0.0704 bits per heavy atom. The lowest BCUT2D eigenvalue weighted by Gasteiger charge is -2.32. The lowest BCUT2D eigenvalue weighted by molar-refractivity contribution is -0.0998. The second-order valence-electron chi connectivity index (χ2n) is 37.2. The van der Waals surface area contributed by atoms with Crippen LogP contribution in [0.5, 0.6) is 0 Å². The Balaban J connectivity index is 0. The maximum atomic E-state index is 10.4. The van der Waals surface area contributed by atoms with E-state index in [4.69, 9.17) is 0 Å². The number of rotatable bonds is 116. The quantitative estimate of drug-likeness (QED) is 0.0251. The molecule has 44 nitrogen and oxygen atoms in total. The van der Waals surface area contributed by atoms with Crippen molar-refractivity contribution in [3.8, 4) is 0 Å². The topological polar surface area (TPSA) is 550 Å². The first-order chi connectivity index (χ1) is 69.4. The van der Waals surface area contributed by atoms with Gasteiger partial charge in [-0.3, -0.25) is 53.9 Å². The average Bonchev–Trinajstić information content (AvgIpc) is 0.907. The lowest BCUT2D eigenvalue weighted by Crippen LogP contribution is -2.41. The summed E-state index contributed by atoms with van der Waals surface area (Å²) in [6.45, 7) is 41.1. The number of aliphatic hydroxyl groups is 23. The number of hydroxylamine groups is 2. The van der Waals surface area contributed by atoms with Crippen molar-refractivity contribution < 1.29 is 123 Å². The minimum absolute atomic E-state index is 0.0122. The van der Waals surface area contributed by atoms with Crippen molar-refractivity contribution in [1.82, 2.24) is 98.2 Å². The van der Waals surface area contributed by atoms with Crippen molar-refractivity contribution in [2.24, 2.45) is 0 Å². The molecule has 0 rings (SSSR count). The number of hydrogen-bond donors (Lipinski definition) is 24. The minimum atomic E-state index is -0.136. The summed E-state index contributed by atoms with van der Waals surface area (Å²) in [6, 6.07) is 0. The van der Waals surface area contributed by atoms with Gasteiger partial charge in [-0.1, -0.05) is 0 Å². The molecule has 0 atom stereocenters. The number of nitrogens with zero attached hydrogens (tertiary/aromatic N) is 20. The average molecular weight is 2060 g/mol. The van der Waals surface area contributed by atoms with Crippen molar-refractivity contribution in [3.63, 3.8) is 0 Å². The third kappa shape index (κ3) is 86.8. The van der Waals surface area contributed by atoms with Crippen LogP contribution in [0.25, 0.3) is 0 Å². The first-order valence-electron chi connectivity index (χ1n) is 54.6. The van der Waals surface area contributed by atoms with E-state index in [1.807, 2.05) is 0 Å². The van der Waals surface area contributed by atoms with E-state index >= 15 is 0 Å². The Kier molecular flexibility index (Phi) is 109. The Labute approximate surface area is 857 Å². The minimum Gasteiger partial charge on any atom is -0.395 e. The molecule has 142 heavy (non-hydrogen) atoms. The predicted octanol–water partition coefficient (Wildman–Crippen LogP) is -9.53. The van der Waals surface area contributed by atoms with Gasteiger partial charge in [0.2, 0.25) is 0 Å². The van der Waals surface area contributed by atoms with Crippen LogP contribution in [0.1, 0.15) is 103 Å². The van der Waals surface area contributed by atoms with Gasteiger partial charge in [-0.05, 0) is 306 Å². The molecule has 0 radical (unpaired) electrons. The molecule has 0 unspecified atom stereocenters. The molecule has 0 spiro atoms. The van der Waals surface area contributed by atoms with Crippen LogP contribution in [-0.4, -0.2) is 759 Å². The maximum Gasteiger partial charge on any atom is 0.0581 e. The summed E-state index contributed by atoms with van der Waals surface area (Å²) >= 11 is 0. The maximum absolute atomic E-state index is 10.4. The molecule has 0 aromatic carbocycles. The molecule has 0 fully saturated rings. The molecule has 0 aromatic rings. The summed E-state index contributed by atoms with van der Waals surface area (Å²) in [4.78, 5) is 43.0. The summed E-state index contributed by atoms with van der Waals surface area (Å²) < 4.78 is 0. The van der Waals surface area contributed by atoms with E-state index in [-0.39, 0.29) is 159 Å². The zero-order valence-electron chi connectivity index (χ0n) is 89.0. The molecule has 0 aliphatic carbocycles. The Morgan fingerprint density at radius 2 is 0.134 bits per heavy atom. The van der Waals surface area contributed by atoms with Crippen LogP contribution < -0.4 is 0 Å². The SMILES string of the molecule is OCCN(CCO)CCCN(CCCN(CCO)CCO)CCN(CCCN(CCO)CCO)CCCN(CCO)CCO.OCCN(O)CCCN(CCCN(CCO)CCO)CCCN(CCCN(CCCN(CCO)CCO)CCCN(CCO)CCO)CCN(CCCN(CCCN(CCO)CCO)CCCN(CCO)CCO)CCCN(CCCN(CCO)CCO)CCCN(CCO)CCO. The second kappa shape index (κ2) is 109. The molecule has 0 saturated heterocycles. The van der Waals surface area contributed by atoms with Gasteiger partial charge in [0.05, 0.1) is 152 Å². The fraction of sp³-hybridized carbons (Fsp3) is 1.00. The molecule has 0 aliphatic rings. The van der Waals surface area contributed by atoms with Crippen molar-refractivity contribution in [1.29, 1.82) is 0 Å². The summed E-state index contributed by atoms with van der Waals surface area (Å²) in [5, 5.41) is 233. The normalized spacial score (nSPS) is 12.6. The third-order valence-electron chi connectivity index (χ3n) is 26.1. The van der Waals surface area contributed by atoms with Crippen molar-refractivity contribution in [3.05, 3.63) is 0 Å². The van der Waals surface area contributed by atoms with E-state index in [1.165, 1.54) is 5.06 Å². The summed E-state index contributed by atoms with van der Waals surface area (Å²) in [6.07, 6.45) is 14.0. The van der Waals surface area contributed by atoms with Gasteiger partial charge in [0.25, 0.3) is 0 Å². The van der Waals surface area contributed by atoms with Crippen LogP contribution >= 0.6 is 0 Å². The molecular weight excluding hydrogens is 1840 g/mol. The van der Waals surface area contributed by atoms with Gasteiger partial charge in [0, 0.05) is 183 Å². The highest BCUT2D eigenvalue weighted by molar-refractivity contribution is 4.78. The zero-order valence-corrected chi connectivity index (χ0v) is 89.0.